The molecule has 5 heteroatoms. The van der Waals surface area contributed by atoms with Crippen molar-refractivity contribution in [3.8, 4) is 0 Å². The molecule has 1 unspecified atom stereocenters. The van der Waals surface area contributed by atoms with Crippen molar-refractivity contribution in [3.63, 3.8) is 0 Å². The molecule has 27 heavy (non-hydrogen) atoms. The number of aryl methyl sites for hydroxylation is 1. The second kappa shape index (κ2) is 9.11. The number of nitrogens with one attached hydrogen (secondary N) is 1. The highest BCUT2D eigenvalue weighted by Crippen LogP contribution is 2.28. The van der Waals surface area contributed by atoms with Gasteiger partial charge in [-0.15, -0.1) is 11.8 Å². The Hall–Kier alpha value is -2.24. The maximum Gasteiger partial charge on any atom is 0.220 e. The van der Waals surface area contributed by atoms with Gasteiger partial charge in [0.25, 0.3) is 0 Å². The fourth-order valence-corrected chi connectivity index (χ4v) is 4.16. The van der Waals surface area contributed by atoms with Crippen molar-refractivity contribution in [2.75, 3.05) is 26.4 Å². The third kappa shape index (κ3) is 4.93. The van der Waals surface area contributed by atoms with Crippen LogP contribution in [0.2, 0.25) is 0 Å². The summed E-state index contributed by atoms with van der Waals surface area (Å²) in [7, 11) is 6.19. The highest BCUT2D eigenvalue weighted by atomic mass is 32.2. The lowest BCUT2D eigenvalue weighted by molar-refractivity contribution is -0.120. The van der Waals surface area contributed by atoms with Crippen molar-refractivity contribution in [2.45, 2.75) is 17.4 Å². The van der Waals surface area contributed by atoms with Gasteiger partial charge in [-0.1, -0.05) is 36.4 Å². The van der Waals surface area contributed by atoms with Gasteiger partial charge in [-0.2, -0.15) is 0 Å². The van der Waals surface area contributed by atoms with E-state index in [4.69, 9.17) is 0 Å². The number of aromatic nitrogens is 1. The van der Waals surface area contributed by atoms with E-state index in [1.807, 2.05) is 18.2 Å². The van der Waals surface area contributed by atoms with Crippen LogP contribution < -0.4 is 5.32 Å². The van der Waals surface area contributed by atoms with E-state index in [9.17, 15) is 4.79 Å². The van der Waals surface area contributed by atoms with Crippen LogP contribution >= 0.6 is 11.8 Å². The molecule has 0 fully saturated rings. The summed E-state index contributed by atoms with van der Waals surface area (Å²) in [6.07, 6.45) is 2.70. The van der Waals surface area contributed by atoms with Crippen molar-refractivity contribution in [1.29, 1.82) is 0 Å². The average molecular weight is 382 g/mol. The van der Waals surface area contributed by atoms with Crippen LogP contribution in [0.5, 0.6) is 0 Å². The molecule has 1 aromatic heterocycles. The van der Waals surface area contributed by atoms with Gasteiger partial charge in [-0.3, -0.25) is 4.79 Å². The van der Waals surface area contributed by atoms with Gasteiger partial charge in [0.1, 0.15) is 0 Å². The van der Waals surface area contributed by atoms with Gasteiger partial charge in [-0.05, 0) is 37.9 Å². The summed E-state index contributed by atoms with van der Waals surface area (Å²) in [5.41, 5.74) is 2.46. The Morgan fingerprint density at radius 1 is 1.11 bits per heavy atom. The van der Waals surface area contributed by atoms with Crippen molar-refractivity contribution < 1.29 is 4.79 Å². The lowest BCUT2D eigenvalue weighted by atomic mass is 10.0. The first-order valence-corrected chi connectivity index (χ1v) is 10.2. The van der Waals surface area contributed by atoms with Crippen LogP contribution in [-0.4, -0.2) is 41.8 Å². The molecular formula is C22H27N3OS. The molecule has 3 aromatic rings. The SMILES string of the molecule is CN(C)C(CNC(=O)CCSc1ccccc1)c1cn(C)c2ccccc12. The van der Waals surface area contributed by atoms with E-state index in [2.05, 4.69) is 78.5 Å². The predicted molar refractivity (Wildman–Crippen MR) is 114 cm³/mol. The molecule has 3 rings (SSSR count). The van der Waals surface area contributed by atoms with E-state index in [0.717, 1.165) is 5.75 Å². The summed E-state index contributed by atoms with van der Waals surface area (Å²) in [4.78, 5) is 15.7. The van der Waals surface area contributed by atoms with Crippen molar-refractivity contribution in [2.24, 2.45) is 7.05 Å². The number of carbonyl (C=O) groups excluding carboxylic acids is 1. The minimum Gasteiger partial charge on any atom is -0.354 e. The monoisotopic (exact) mass is 381 g/mol. The third-order valence-corrected chi connectivity index (χ3v) is 5.76. The molecule has 0 aliphatic carbocycles. The summed E-state index contributed by atoms with van der Waals surface area (Å²) in [6, 6.07) is 18.7. The first kappa shape index (κ1) is 19.5. The second-order valence-electron chi connectivity index (χ2n) is 6.91. The Balaban J connectivity index is 1.59. The minimum absolute atomic E-state index is 0.102. The number of para-hydroxylation sites is 1. The minimum atomic E-state index is 0.102. The number of benzene rings is 2. The molecule has 1 N–H and O–H groups in total. The third-order valence-electron chi connectivity index (χ3n) is 4.74. The van der Waals surface area contributed by atoms with E-state index in [1.165, 1.54) is 21.4 Å². The van der Waals surface area contributed by atoms with E-state index in [0.29, 0.717) is 13.0 Å². The average Bonchev–Trinajstić information content (AvgIpc) is 2.99. The topological polar surface area (TPSA) is 37.3 Å². The summed E-state index contributed by atoms with van der Waals surface area (Å²) in [5, 5.41) is 4.36. The predicted octanol–water partition coefficient (Wildman–Crippen LogP) is 4.08. The molecule has 1 heterocycles. The van der Waals surface area contributed by atoms with Gasteiger partial charge in [0, 0.05) is 47.8 Å². The molecule has 2 aromatic carbocycles. The van der Waals surface area contributed by atoms with Crippen molar-refractivity contribution in [1.82, 2.24) is 14.8 Å². The molecular weight excluding hydrogens is 354 g/mol. The summed E-state index contributed by atoms with van der Waals surface area (Å²) in [5.74, 6) is 0.891. The fourth-order valence-electron chi connectivity index (χ4n) is 3.29. The number of hydrogen-bond donors (Lipinski definition) is 1. The van der Waals surface area contributed by atoms with Gasteiger partial charge in [0.15, 0.2) is 0 Å². The summed E-state index contributed by atoms with van der Waals surface area (Å²) >= 11 is 1.72. The summed E-state index contributed by atoms with van der Waals surface area (Å²) < 4.78 is 2.15. The van der Waals surface area contributed by atoms with Crippen molar-refractivity contribution in [3.05, 3.63) is 66.4 Å². The molecule has 0 saturated heterocycles. The first-order valence-electron chi connectivity index (χ1n) is 9.21. The fraction of sp³-hybridized carbons (Fsp3) is 0.318. The van der Waals surface area contributed by atoms with Gasteiger partial charge in [0.2, 0.25) is 5.91 Å². The zero-order chi connectivity index (χ0) is 19.2. The molecule has 0 saturated carbocycles. The lowest BCUT2D eigenvalue weighted by Crippen LogP contribution is -2.34. The maximum absolute atomic E-state index is 12.3. The van der Waals surface area contributed by atoms with Crippen LogP contribution in [-0.2, 0) is 11.8 Å². The smallest absolute Gasteiger partial charge is 0.220 e. The summed E-state index contributed by atoms with van der Waals surface area (Å²) in [6.45, 7) is 0.607. The molecule has 0 spiro atoms. The molecule has 0 aliphatic heterocycles. The lowest BCUT2D eigenvalue weighted by Gasteiger charge is -2.24. The maximum atomic E-state index is 12.3. The molecule has 4 nitrogen and oxygen atoms in total. The normalized spacial score (nSPS) is 12.4. The Labute approximate surface area is 165 Å². The van der Waals surface area contributed by atoms with Gasteiger partial charge in [0.05, 0.1) is 6.04 Å². The zero-order valence-corrected chi connectivity index (χ0v) is 17.0. The molecule has 0 bridgehead atoms. The molecule has 1 atom stereocenters. The number of hydrogen-bond acceptors (Lipinski definition) is 3. The largest absolute Gasteiger partial charge is 0.354 e. The van der Waals surface area contributed by atoms with Gasteiger partial charge in [-0.25, -0.2) is 0 Å². The van der Waals surface area contributed by atoms with Crippen molar-refractivity contribution >= 4 is 28.6 Å². The van der Waals surface area contributed by atoms with E-state index in [-0.39, 0.29) is 11.9 Å². The van der Waals surface area contributed by atoms with Crippen LogP contribution in [0.3, 0.4) is 0 Å². The number of rotatable bonds is 8. The highest BCUT2D eigenvalue weighted by Gasteiger charge is 2.19. The Kier molecular flexibility index (Phi) is 6.58. The Bertz CT molecular complexity index is 889. The standard InChI is InChI=1S/C22H27N3OS/c1-24(2)21(19-16-25(3)20-12-8-7-11-18(19)20)15-23-22(26)13-14-27-17-9-5-4-6-10-17/h4-12,16,21H,13-15H2,1-3H3,(H,23,26). The molecule has 142 valence electrons. The quantitative estimate of drug-likeness (QED) is 0.598. The number of likely N-dealkylation sites (N-methyl/N-ethyl adjacent to an activating group) is 1. The van der Waals surface area contributed by atoms with Crippen LogP contribution in [0.4, 0.5) is 0 Å². The second-order valence-corrected chi connectivity index (χ2v) is 8.08. The van der Waals surface area contributed by atoms with Crippen LogP contribution in [0.25, 0.3) is 10.9 Å². The van der Waals surface area contributed by atoms with E-state index < -0.39 is 0 Å². The van der Waals surface area contributed by atoms with Crippen LogP contribution in [0, 0.1) is 0 Å². The van der Waals surface area contributed by atoms with Crippen LogP contribution in [0.1, 0.15) is 18.0 Å². The Morgan fingerprint density at radius 2 is 1.81 bits per heavy atom. The van der Waals surface area contributed by atoms with E-state index in [1.54, 1.807) is 11.8 Å². The first-order chi connectivity index (χ1) is 13.1. The highest BCUT2D eigenvalue weighted by molar-refractivity contribution is 7.99. The number of nitrogens with zero attached hydrogens (tertiary/aromatic N) is 2. The number of carbonyl (C=O) groups is 1. The Morgan fingerprint density at radius 3 is 2.56 bits per heavy atom. The number of fused-ring (bicyclic) bond motifs is 1. The van der Waals surface area contributed by atoms with Gasteiger partial charge >= 0.3 is 0 Å². The molecule has 1 amide bonds. The molecule has 0 radical (unpaired) electrons. The number of thioether (sulfide) groups is 1. The number of amides is 1. The van der Waals surface area contributed by atoms with Gasteiger partial charge < -0.3 is 14.8 Å². The van der Waals surface area contributed by atoms with Crippen LogP contribution in [0.15, 0.2) is 65.7 Å². The zero-order valence-electron chi connectivity index (χ0n) is 16.2. The molecule has 0 aliphatic rings. The van der Waals surface area contributed by atoms with E-state index >= 15 is 0 Å².